The number of aromatic amines is 1. The molecule has 0 bridgehead atoms. The lowest BCUT2D eigenvalue weighted by molar-refractivity contribution is -0.115. The number of hydrogen-bond acceptors (Lipinski definition) is 7. The van der Waals surface area contributed by atoms with Crippen LogP contribution in [0.15, 0.2) is 59.1 Å². The molecule has 4 heterocycles. The van der Waals surface area contributed by atoms with Crippen LogP contribution >= 0.6 is 11.3 Å². The Hall–Kier alpha value is -3.12. The highest BCUT2D eigenvalue weighted by Crippen LogP contribution is 2.30. The molecule has 0 unspecified atom stereocenters. The fraction of sp³-hybridized carbons (Fsp3) is 0.320. The molecule has 0 spiro atoms. The van der Waals surface area contributed by atoms with Crippen molar-refractivity contribution >= 4 is 43.4 Å². The highest BCUT2D eigenvalue weighted by Gasteiger charge is 2.29. The van der Waals surface area contributed by atoms with Gasteiger partial charge in [-0.05, 0) is 43.7 Å². The molecular weight excluding hydrogens is 496 g/mol. The molecule has 0 aliphatic carbocycles. The maximum atomic E-state index is 13.2. The van der Waals surface area contributed by atoms with Crippen LogP contribution in [0.2, 0.25) is 0 Å². The largest absolute Gasteiger partial charge is 0.345 e. The van der Waals surface area contributed by atoms with Crippen LogP contribution in [0.1, 0.15) is 19.4 Å². The van der Waals surface area contributed by atoms with E-state index >= 15 is 0 Å². The topological polar surface area (TPSA) is 111 Å². The minimum atomic E-state index is -3.61. The van der Waals surface area contributed by atoms with E-state index in [0.717, 1.165) is 22.3 Å². The van der Waals surface area contributed by atoms with Crippen LogP contribution in [0.3, 0.4) is 0 Å². The number of hydrogen-bond donors (Lipinski definition) is 2. The SMILES string of the molecule is CC(C)N1CCN(S(=O)(=O)c2cccc(CC(=O)Nc3nc(-c4c[nH]c5ncccc45)cs3)c2)CC1. The molecule has 1 aliphatic heterocycles. The molecule has 3 aromatic heterocycles. The predicted molar refractivity (Wildman–Crippen MR) is 141 cm³/mol. The lowest BCUT2D eigenvalue weighted by Gasteiger charge is -2.36. The third-order valence-electron chi connectivity index (χ3n) is 6.38. The number of nitrogens with zero attached hydrogens (tertiary/aromatic N) is 4. The second-order valence-corrected chi connectivity index (χ2v) is 11.8. The first-order valence-corrected chi connectivity index (χ1v) is 14.1. The number of benzene rings is 1. The van der Waals surface area contributed by atoms with E-state index in [2.05, 4.69) is 39.0 Å². The Balaban J connectivity index is 1.24. The summed E-state index contributed by atoms with van der Waals surface area (Å²) in [4.78, 5) is 27.2. The smallest absolute Gasteiger partial charge is 0.243 e. The number of anilines is 1. The van der Waals surface area contributed by atoms with Crippen molar-refractivity contribution in [1.82, 2.24) is 24.2 Å². The Morgan fingerprint density at radius 1 is 1.17 bits per heavy atom. The van der Waals surface area contributed by atoms with Gasteiger partial charge in [0.1, 0.15) is 5.65 Å². The summed E-state index contributed by atoms with van der Waals surface area (Å²) in [5, 5.41) is 6.17. The zero-order chi connectivity index (χ0) is 25.3. The normalized spacial score (nSPS) is 15.5. The van der Waals surface area contributed by atoms with Crippen molar-refractivity contribution in [1.29, 1.82) is 0 Å². The average Bonchev–Trinajstić information content (AvgIpc) is 3.51. The summed E-state index contributed by atoms with van der Waals surface area (Å²) in [7, 11) is -3.61. The van der Waals surface area contributed by atoms with Gasteiger partial charge in [-0.15, -0.1) is 11.3 Å². The number of nitrogens with one attached hydrogen (secondary N) is 2. The van der Waals surface area contributed by atoms with Crippen molar-refractivity contribution < 1.29 is 13.2 Å². The molecule has 0 radical (unpaired) electrons. The molecule has 5 rings (SSSR count). The average molecular weight is 525 g/mol. The maximum Gasteiger partial charge on any atom is 0.243 e. The Labute approximate surface area is 214 Å². The van der Waals surface area contributed by atoms with E-state index in [9.17, 15) is 13.2 Å². The van der Waals surface area contributed by atoms with Crippen LogP contribution in [0.25, 0.3) is 22.3 Å². The molecular formula is C25H28N6O3S2. The van der Waals surface area contributed by atoms with Gasteiger partial charge in [-0.2, -0.15) is 4.31 Å². The molecule has 2 N–H and O–H groups in total. The van der Waals surface area contributed by atoms with E-state index in [0.29, 0.717) is 42.9 Å². The minimum absolute atomic E-state index is 0.0520. The van der Waals surface area contributed by atoms with Crippen LogP contribution in [0.5, 0.6) is 0 Å². The summed E-state index contributed by atoms with van der Waals surface area (Å²) in [6.45, 7) is 6.58. The van der Waals surface area contributed by atoms with E-state index < -0.39 is 10.0 Å². The van der Waals surface area contributed by atoms with Gasteiger partial charge in [0.25, 0.3) is 0 Å². The monoisotopic (exact) mass is 524 g/mol. The molecule has 1 aliphatic rings. The van der Waals surface area contributed by atoms with Gasteiger partial charge in [-0.3, -0.25) is 9.69 Å². The van der Waals surface area contributed by atoms with E-state index in [4.69, 9.17) is 0 Å². The number of sulfonamides is 1. The number of thiazole rings is 1. The molecule has 9 nitrogen and oxygen atoms in total. The first-order chi connectivity index (χ1) is 17.3. The van der Waals surface area contributed by atoms with Gasteiger partial charge in [0.05, 0.1) is 17.0 Å². The zero-order valence-corrected chi connectivity index (χ0v) is 21.8. The van der Waals surface area contributed by atoms with Gasteiger partial charge in [0, 0.05) is 60.9 Å². The molecule has 0 atom stereocenters. The fourth-order valence-electron chi connectivity index (χ4n) is 4.40. The molecule has 0 saturated carbocycles. The molecule has 1 amide bonds. The Kier molecular flexibility index (Phi) is 6.89. The van der Waals surface area contributed by atoms with Gasteiger partial charge < -0.3 is 10.3 Å². The van der Waals surface area contributed by atoms with Gasteiger partial charge in [-0.25, -0.2) is 18.4 Å². The third kappa shape index (κ3) is 5.05. The summed E-state index contributed by atoms with van der Waals surface area (Å²) in [5.41, 5.74) is 3.08. The number of H-pyrrole nitrogens is 1. The van der Waals surface area contributed by atoms with E-state index in [1.165, 1.54) is 15.6 Å². The summed E-state index contributed by atoms with van der Waals surface area (Å²) in [5.74, 6) is -0.253. The summed E-state index contributed by atoms with van der Waals surface area (Å²) in [6.07, 6.45) is 3.63. The van der Waals surface area contributed by atoms with Gasteiger partial charge >= 0.3 is 0 Å². The third-order valence-corrected chi connectivity index (χ3v) is 9.03. The van der Waals surface area contributed by atoms with Crippen molar-refractivity contribution in [2.45, 2.75) is 31.2 Å². The Morgan fingerprint density at radius 3 is 2.75 bits per heavy atom. The second kappa shape index (κ2) is 10.1. The van der Waals surface area contributed by atoms with Gasteiger partial charge in [-0.1, -0.05) is 12.1 Å². The lowest BCUT2D eigenvalue weighted by Crippen LogP contribution is -2.50. The van der Waals surface area contributed by atoms with Crippen LogP contribution in [-0.2, 0) is 21.2 Å². The minimum Gasteiger partial charge on any atom is -0.345 e. The highest BCUT2D eigenvalue weighted by molar-refractivity contribution is 7.89. The van der Waals surface area contributed by atoms with E-state index in [-0.39, 0.29) is 17.2 Å². The summed E-state index contributed by atoms with van der Waals surface area (Å²) in [6, 6.07) is 10.9. The second-order valence-electron chi connectivity index (χ2n) is 9.05. The summed E-state index contributed by atoms with van der Waals surface area (Å²) >= 11 is 1.34. The predicted octanol–water partition coefficient (Wildman–Crippen LogP) is 3.58. The first-order valence-electron chi connectivity index (χ1n) is 11.8. The van der Waals surface area contributed by atoms with Crippen molar-refractivity contribution in [2.75, 3.05) is 31.5 Å². The molecule has 1 fully saturated rings. The molecule has 11 heteroatoms. The molecule has 1 aromatic carbocycles. The molecule has 1 saturated heterocycles. The van der Waals surface area contributed by atoms with Gasteiger partial charge in [0.15, 0.2) is 5.13 Å². The van der Waals surface area contributed by atoms with Crippen LogP contribution in [0.4, 0.5) is 5.13 Å². The van der Waals surface area contributed by atoms with Crippen LogP contribution in [-0.4, -0.2) is 70.7 Å². The summed E-state index contributed by atoms with van der Waals surface area (Å²) < 4.78 is 27.9. The molecule has 4 aromatic rings. The first kappa shape index (κ1) is 24.6. The van der Waals surface area contributed by atoms with Crippen LogP contribution in [0, 0.1) is 0 Å². The number of piperazine rings is 1. The standard InChI is InChI=1S/C25H28N6O3S2/c1-17(2)30-9-11-31(12-10-30)36(33,34)19-6-3-5-18(13-19)14-23(32)29-25-28-22(16-35-25)21-15-27-24-20(21)7-4-8-26-24/h3-8,13,15-17H,9-12,14H2,1-2H3,(H,26,27)(H,28,29,32). The number of aromatic nitrogens is 3. The van der Waals surface area contributed by atoms with Crippen molar-refractivity contribution in [2.24, 2.45) is 0 Å². The molecule has 188 valence electrons. The number of carbonyl (C=O) groups excluding carboxylic acids is 1. The highest BCUT2D eigenvalue weighted by atomic mass is 32.2. The number of amides is 1. The Bertz CT molecular complexity index is 1490. The van der Waals surface area contributed by atoms with Crippen molar-refractivity contribution in [3.8, 4) is 11.3 Å². The van der Waals surface area contributed by atoms with Crippen LogP contribution < -0.4 is 5.32 Å². The number of rotatable bonds is 7. The number of pyridine rings is 1. The zero-order valence-electron chi connectivity index (χ0n) is 20.1. The molecule has 36 heavy (non-hydrogen) atoms. The van der Waals surface area contributed by atoms with Crippen molar-refractivity contribution in [3.63, 3.8) is 0 Å². The fourth-order valence-corrected chi connectivity index (χ4v) is 6.62. The van der Waals surface area contributed by atoms with Gasteiger partial charge in [0.2, 0.25) is 15.9 Å². The number of fused-ring (bicyclic) bond motifs is 1. The lowest BCUT2D eigenvalue weighted by atomic mass is 10.1. The van der Waals surface area contributed by atoms with E-state index in [1.807, 2.05) is 23.7 Å². The Morgan fingerprint density at radius 2 is 1.97 bits per heavy atom. The maximum absolute atomic E-state index is 13.2. The quantitative estimate of drug-likeness (QED) is 0.382. The van der Waals surface area contributed by atoms with E-state index in [1.54, 1.807) is 30.5 Å². The van der Waals surface area contributed by atoms with Crippen molar-refractivity contribution in [3.05, 3.63) is 59.7 Å². The number of carbonyl (C=O) groups is 1.